The molecule has 0 aromatic carbocycles. The van der Waals surface area contributed by atoms with Crippen molar-refractivity contribution in [3.05, 3.63) is 35.1 Å². The van der Waals surface area contributed by atoms with E-state index in [9.17, 15) is 10.1 Å². The Kier molecular flexibility index (Phi) is 5.85. The number of likely N-dealkylation sites (tertiary alicyclic amines) is 1. The Balaban J connectivity index is 1.42. The van der Waals surface area contributed by atoms with Crippen molar-refractivity contribution in [2.24, 2.45) is 0 Å². The lowest BCUT2D eigenvalue weighted by Crippen LogP contribution is -2.51. The molecule has 8 heteroatoms. The first-order chi connectivity index (χ1) is 15.9. The molecule has 0 radical (unpaired) electrons. The smallest absolute Gasteiger partial charge is 0.236 e. The fourth-order valence-electron chi connectivity index (χ4n) is 5.12. The van der Waals surface area contributed by atoms with Gasteiger partial charge in [0.2, 0.25) is 5.91 Å². The van der Waals surface area contributed by atoms with E-state index in [-0.39, 0.29) is 11.5 Å². The van der Waals surface area contributed by atoms with E-state index in [2.05, 4.69) is 29.7 Å². The van der Waals surface area contributed by atoms with Gasteiger partial charge in [0, 0.05) is 38.2 Å². The maximum atomic E-state index is 12.8. The minimum atomic E-state index is -0.349. The van der Waals surface area contributed by atoms with Crippen LogP contribution in [0.2, 0.25) is 0 Å². The van der Waals surface area contributed by atoms with Gasteiger partial charge in [-0.25, -0.2) is 4.98 Å². The third-order valence-electron chi connectivity index (χ3n) is 6.96. The van der Waals surface area contributed by atoms with E-state index in [1.165, 1.54) is 12.8 Å². The topological polar surface area (TPSA) is 85.8 Å². The van der Waals surface area contributed by atoms with Gasteiger partial charge in [0.15, 0.2) is 5.76 Å². The molecule has 0 spiro atoms. The van der Waals surface area contributed by atoms with Crippen LogP contribution in [0, 0.1) is 11.3 Å². The molecule has 8 nitrogen and oxygen atoms in total. The van der Waals surface area contributed by atoms with Crippen molar-refractivity contribution in [1.82, 2.24) is 14.8 Å². The summed E-state index contributed by atoms with van der Waals surface area (Å²) in [6, 6.07) is 6.18. The zero-order valence-electron chi connectivity index (χ0n) is 19.5. The highest BCUT2D eigenvalue weighted by Crippen LogP contribution is 2.39. The molecule has 2 fully saturated rings. The number of aromatic nitrogens is 1. The molecule has 0 N–H and O–H groups in total. The quantitative estimate of drug-likeness (QED) is 0.709. The summed E-state index contributed by atoms with van der Waals surface area (Å²) < 4.78 is 11.7. The van der Waals surface area contributed by atoms with Crippen molar-refractivity contribution in [3.8, 4) is 17.5 Å². The molecule has 0 unspecified atom stereocenters. The first-order valence-corrected chi connectivity index (χ1v) is 11.8. The lowest BCUT2D eigenvalue weighted by atomic mass is 9.87. The number of carbonyl (C=O) groups excluding carboxylic acids is 1. The number of rotatable bonds is 4. The molecule has 2 aromatic heterocycles. The molecule has 0 aliphatic carbocycles. The van der Waals surface area contributed by atoms with E-state index in [4.69, 9.17) is 14.1 Å². The summed E-state index contributed by atoms with van der Waals surface area (Å²) in [6.45, 7) is 9.65. The monoisotopic (exact) mass is 449 g/mol. The van der Waals surface area contributed by atoms with E-state index in [1.54, 1.807) is 6.26 Å². The number of hydrogen-bond acceptors (Lipinski definition) is 7. The predicted molar refractivity (Wildman–Crippen MR) is 124 cm³/mol. The van der Waals surface area contributed by atoms with Crippen molar-refractivity contribution in [2.75, 3.05) is 50.7 Å². The van der Waals surface area contributed by atoms with Crippen molar-refractivity contribution >= 4 is 11.7 Å². The summed E-state index contributed by atoms with van der Waals surface area (Å²) in [6.07, 6.45) is 4.64. The number of furan rings is 1. The standard InChI is InChI=1S/C25H31N5O3/c1-25(2)14-18-19(15-26)24(27-23(20(18)17-33-25)21-6-5-13-32-21)30-11-9-29(10-12-30)22(31)16-28-7-3-4-8-28/h5-6,13H,3-4,7-12,14,16-17H2,1-2H3. The van der Waals surface area contributed by atoms with Crippen LogP contribution in [0.15, 0.2) is 22.8 Å². The summed E-state index contributed by atoms with van der Waals surface area (Å²) in [5, 5.41) is 10.1. The van der Waals surface area contributed by atoms with Crippen LogP contribution in [0.5, 0.6) is 0 Å². The van der Waals surface area contributed by atoms with Gasteiger partial charge in [-0.15, -0.1) is 0 Å². The second-order valence-electron chi connectivity index (χ2n) is 9.78. The minimum absolute atomic E-state index is 0.200. The highest BCUT2D eigenvalue weighted by atomic mass is 16.5. The van der Waals surface area contributed by atoms with Crippen LogP contribution in [0.25, 0.3) is 11.5 Å². The number of pyridine rings is 1. The number of carbonyl (C=O) groups is 1. The van der Waals surface area contributed by atoms with Gasteiger partial charge in [-0.3, -0.25) is 9.69 Å². The molecule has 3 aliphatic rings. The van der Waals surface area contributed by atoms with Gasteiger partial charge in [0.05, 0.1) is 30.6 Å². The summed E-state index contributed by atoms with van der Waals surface area (Å²) in [5.41, 5.74) is 2.94. The minimum Gasteiger partial charge on any atom is -0.463 e. The Morgan fingerprint density at radius 3 is 2.58 bits per heavy atom. The van der Waals surface area contributed by atoms with E-state index in [1.807, 2.05) is 17.0 Å². The molecule has 0 bridgehead atoms. The van der Waals surface area contributed by atoms with Crippen LogP contribution in [-0.4, -0.2) is 72.1 Å². The Morgan fingerprint density at radius 1 is 1.15 bits per heavy atom. The number of anilines is 1. The summed E-state index contributed by atoms with van der Waals surface area (Å²) in [4.78, 5) is 24.0. The lowest BCUT2D eigenvalue weighted by molar-refractivity contribution is -0.132. The van der Waals surface area contributed by atoms with E-state index >= 15 is 0 Å². The van der Waals surface area contributed by atoms with Crippen LogP contribution in [0.4, 0.5) is 5.82 Å². The SMILES string of the molecule is CC1(C)Cc2c(C#N)c(N3CCN(C(=O)CN4CCCC4)CC3)nc(-c3ccco3)c2CO1. The molecule has 0 saturated carbocycles. The number of fused-ring (bicyclic) bond motifs is 1. The molecule has 2 saturated heterocycles. The molecular formula is C25H31N5O3. The third-order valence-corrected chi connectivity index (χ3v) is 6.96. The average molecular weight is 450 g/mol. The van der Waals surface area contributed by atoms with E-state index in [0.29, 0.717) is 62.9 Å². The summed E-state index contributed by atoms with van der Waals surface area (Å²) in [5.74, 6) is 1.57. The average Bonchev–Trinajstić information content (AvgIpc) is 3.52. The summed E-state index contributed by atoms with van der Waals surface area (Å²) >= 11 is 0. The van der Waals surface area contributed by atoms with Crippen molar-refractivity contribution < 1.29 is 13.9 Å². The first kappa shape index (κ1) is 21.9. The van der Waals surface area contributed by atoms with E-state index < -0.39 is 0 Å². The van der Waals surface area contributed by atoms with Gasteiger partial charge in [-0.2, -0.15) is 5.26 Å². The van der Waals surface area contributed by atoms with Crippen LogP contribution in [0.1, 0.15) is 43.4 Å². The van der Waals surface area contributed by atoms with Gasteiger partial charge in [-0.05, 0) is 57.5 Å². The molecule has 3 aliphatic heterocycles. The molecule has 174 valence electrons. The molecule has 5 rings (SSSR count). The van der Waals surface area contributed by atoms with Gasteiger partial charge in [0.1, 0.15) is 17.6 Å². The Bertz CT molecular complexity index is 1060. The normalized spacial score (nSPS) is 20.5. The number of amides is 1. The number of ether oxygens (including phenoxy) is 1. The second-order valence-corrected chi connectivity index (χ2v) is 9.78. The molecule has 1 amide bonds. The first-order valence-electron chi connectivity index (χ1n) is 11.8. The van der Waals surface area contributed by atoms with Crippen LogP contribution in [-0.2, 0) is 22.6 Å². The number of nitrogens with zero attached hydrogens (tertiary/aromatic N) is 5. The predicted octanol–water partition coefficient (Wildman–Crippen LogP) is 2.81. The maximum absolute atomic E-state index is 12.8. The number of hydrogen-bond donors (Lipinski definition) is 0. The van der Waals surface area contributed by atoms with Crippen molar-refractivity contribution in [1.29, 1.82) is 5.26 Å². The lowest BCUT2D eigenvalue weighted by Gasteiger charge is -2.38. The maximum Gasteiger partial charge on any atom is 0.236 e. The van der Waals surface area contributed by atoms with Gasteiger partial charge < -0.3 is 19.0 Å². The largest absolute Gasteiger partial charge is 0.463 e. The summed E-state index contributed by atoms with van der Waals surface area (Å²) in [7, 11) is 0. The molecular weight excluding hydrogens is 418 g/mol. The fourth-order valence-corrected chi connectivity index (χ4v) is 5.12. The second kappa shape index (κ2) is 8.81. The Hall–Kier alpha value is -2.89. The molecule has 5 heterocycles. The van der Waals surface area contributed by atoms with Crippen molar-refractivity contribution in [3.63, 3.8) is 0 Å². The Morgan fingerprint density at radius 2 is 1.91 bits per heavy atom. The van der Waals surface area contributed by atoms with Crippen LogP contribution >= 0.6 is 0 Å². The van der Waals surface area contributed by atoms with Gasteiger partial charge >= 0.3 is 0 Å². The number of piperazine rings is 1. The van der Waals surface area contributed by atoms with Gasteiger partial charge in [-0.1, -0.05) is 0 Å². The van der Waals surface area contributed by atoms with E-state index in [0.717, 1.165) is 29.9 Å². The van der Waals surface area contributed by atoms with Crippen molar-refractivity contribution in [2.45, 2.75) is 45.3 Å². The highest BCUT2D eigenvalue weighted by molar-refractivity contribution is 5.79. The van der Waals surface area contributed by atoms with Gasteiger partial charge in [0.25, 0.3) is 0 Å². The zero-order valence-corrected chi connectivity index (χ0v) is 19.5. The third kappa shape index (κ3) is 4.35. The Labute approximate surface area is 194 Å². The zero-order chi connectivity index (χ0) is 23.0. The fraction of sp³-hybridized carbons (Fsp3) is 0.560. The van der Waals surface area contributed by atoms with Crippen LogP contribution < -0.4 is 4.90 Å². The molecule has 0 atom stereocenters. The van der Waals surface area contributed by atoms with Crippen LogP contribution in [0.3, 0.4) is 0 Å². The number of nitriles is 1. The molecule has 2 aromatic rings. The highest BCUT2D eigenvalue weighted by Gasteiger charge is 2.34. The molecule has 33 heavy (non-hydrogen) atoms.